The maximum atomic E-state index is 12.9. The van der Waals surface area contributed by atoms with E-state index >= 15 is 0 Å². The topological polar surface area (TPSA) is 58.6 Å². The third kappa shape index (κ3) is 3.31. The quantitative estimate of drug-likeness (QED) is 0.947. The molecule has 1 heterocycles. The van der Waals surface area contributed by atoms with E-state index in [0.717, 1.165) is 5.56 Å². The molecular weight excluding hydrogens is 299 g/mol. The van der Waals surface area contributed by atoms with Crippen molar-refractivity contribution >= 4 is 23.2 Å². The molecule has 6 heteroatoms. The summed E-state index contributed by atoms with van der Waals surface area (Å²) in [6, 6.07) is 10.9. The van der Waals surface area contributed by atoms with Gasteiger partial charge < -0.3 is 10.1 Å². The first-order valence-electron chi connectivity index (χ1n) is 7.12. The second-order valence-corrected chi connectivity index (χ2v) is 5.29. The van der Waals surface area contributed by atoms with Gasteiger partial charge in [-0.15, -0.1) is 0 Å². The Kier molecular flexibility index (Phi) is 3.97. The zero-order valence-corrected chi connectivity index (χ0v) is 12.5. The Labute approximate surface area is 132 Å². The van der Waals surface area contributed by atoms with Crippen molar-refractivity contribution in [3.05, 3.63) is 53.8 Å². The van der Waals surface area contributed by atoms with Crippen LogP contribution in [-0.2, 0) is 9.59 Å². The van der Waals surface area contributed by atoms with Gasteiger partial charge in [-0.25, -0.2) is 4.39 Å². The number of aryl methyl sites for hydroxylation is 1. The number of fused-ring (bicyclic) bond motifs is 1. The number of rotatable bonds is 3. The van der Waals surface area contributed by atoms with Crippen molar-refractivity contribution in [2.45, 2.75) is 6.92 Å². The molecular formula is C17H15FN2O3. The van der Waals surface area contributed by atoms with E-state index in [1.807, 2.05) is 19.1 Å². The zero-order valence-electron chi connectivity index (χ0n) is 12.5. The van der Waals surface area contributed by atoms with Crippen LogP contribution >= 0.6 is 0 Å². The van der Waals surface area contributed by atoms with Crippen molar-refractivity contribution in [2.24, 2.45) is 0 Å². The van der Waals surface area contributed by atoms with E-state index in [4.69, 9.17) is 4.74 Å². The highest BCUT2D eigenvalue weighted by Crippen LogP contribution is 2.32. The van der Waals surface area contributed by atoms with Gasteiger partial charge in [0.05, 0.1) is 5.69 Å². The number of nitrogens with zero attached hydrogens (tertiary/aromatic N) is 1. The van der Waals surface area contributed by atoms with E-state index in [1.54, 1.807) is 6.07 Å². The fraction of sp³-hybridized carbons (Fsp3) is 0.176. The molecule has 0 aromatic heterocycles. The van der Waals surface area contributed by atoms with Crippen LogP contribution in [0.1, 0.15) is 5.56 Å². The predicted molar refractivity (Wildman–Crippen MR) is 84.1 cm³/mol. The van der Waals surface area contributed by atoms with Crippen LogP contribution in [0.5, 0.6) is 5.75 Å². The number of nitrogens with one attached hydrogen (secondary N) is 1. The summed E-state index contributed by atoms with van der Waals surface area (Å²) in [7, 11) is 0. The SMILES string of the molecule is Cc1ccc2c(c1)OCC(=O)N2CC(=O)Nc1ccc(F)cc1. The molecule has 1 aliphatic rings. The Hall–Kier alpha value is -2.89. The number of amides is 2. The molecule has 5 nitrogen and oxygen atoms in total. The van der Waals surface area contributed by atoms with Crippen LogP contribution in [-0.4, -0.2) is 25.0 Å². The lowest BCUT2D eigenvalue weighted by Gasteiger charge is -2.29. The minimum atomic E-state index is -0.379. The summed E-state index contributed by atoms with van der Waals surface area (Å²) in [6.45, 7) is 1.70. The standard InChI is InChI=1S/C17H15FN2O3/c1-11-2-7-14-15(8-11)23-10-17(22)20(14)9-16(21)19-13-5-3-12(18)4-6-13/h2-8H,9-10H2,1H3,(H,19,21). The van der Waals surface area contributed by atoms with Gasteiger partial charge in [-0.3, -0.25) is 14.5 Å². The Morgan fingerprint density at radius 3 is 2.74 bits per heavy atom. The highest BCUT2D eigenvalue weighted by molar-refractivity contribution is 6.04. The van der Waals surface area contributed by atoms with Gasteiger partial charge in [0.2, 0.25) is 5.91 Å². The summed E-state index contributed by atoms with van der Waals surface area (Å²) in [5, 5.41) is 2.64. The molecule has 0 unspecified atom stereocenters. The molecule has 0 spiro atoms. The van der Waals surface area contributed by atoms with Gasteiger partial charge in [-0.1, -0.05) is 6.07 Å². The lowest BCUT2D eigenvalue weighted by atomic mass is 10.1. The van der Waals surface area contributed by atoms with Gasteiger partial charge in [0.25, 0.3) is 5.91 Å². The number of anilines is 2. The maximum Gasteiger partial charge on any atom is 0.265 e. The number of hydrogen-bond acceptors (Lipinski definition) is 3. The third-order valence-corrected chi connectivity index (χ3v) is 3.49. The largest absolute Gasteiger partial charge is 0.482 e. The number of ether oxygens (including phenoxy) is 1. The molecule has 1 N–H and O–H groups in total. The fourth-order valence-electron chi connectivity index (χ4n) is 2.36. The van der Waals surface area contributed by atoms with E-state index in [0.29, 0.717) is 17.1 Å². The molecule has 23 heavy (non-hydrogen) atoms. The summed E-state index contributed by atoms with van der Waals surface area (Å²) in [5.74, 6) is -0.441. The normalized spacial score (nSPS) is 13.3. The molecule has 2 amide bonds. The van der Waals surface area contributed by atoms with Crippen LogP contribution in [0, 0.1) is 12.7 Å². The van der Waals surface area contributed by atoms with Crippen molar-refractivity contribution in [3.8, 4) is 5.75 Å². The monoisotopic (exact) mass is 314 g/mol. The van der Waals surface area contributed by atoms with Crippen LogP contribution in [0.15, 0.2) is 42.5 Å². The van der Waals surface area contributed by atoms with Crippen molar-refractivity contribution in [1.29, 1.82) is 0 Å². The molecule has 0 radical (unpaired) electrons. The summed E-state index contributed by atoms with van der Waals surface area (Å²) in [6.07, 6.45) is 0. The number of benzene rings is 2. The predicted octanol–water partition coefficient (Wildman–Crippen LogP) is 2.50. The first kappa shape index (κ1) is 15.0. The molecule has 0 saturated heterocycles. The number of halogens is 1. The first-order valence-corrected chi connectivity index (χ1v) is 7.12. The van der Waals surface area contributed by atoms with Crippen molar-refractivity contribution in [3.63, 3.8) is 0 Å². The summed E-state index contributed by atoms with van der Waals surface area (Å²) in [4.78, 5) is 25.6. The smallest absolute Gasteiger partial charge is 0.265 e. The number of hydrogen-bond donors (Lipinski definition) is 1. The van der Waals surface area contributed by atoms with Crippen LogP contribution in [0.3, 0.4) is 0 Å². The molecule has 0 bridgehead atoms. The Balaban J connectivity index is 1.75. The first-order chi connectivity index (χ1) is 11.0. The van der Waals surface area contributed by atoms with Gasteiger partial charge in [-0.05, 0) is 48.9 Å². The van der Waals surface area contributed by atoms with E-state index in [9.17, 15) is 14.0 Å². The highest BCUT2D eigenvalue weighted by Gasteiger charge is 2.27. The van der Waals surface area contributed by atoms with Crippen LogP contribution in [0.2, 0.25) is 0 Å². The molecule has 0 saturated carbocycles. The average molecular weight is 314 g/mol. The van der Waals surface area contributed by atoms with Gasteiger partial charge in [0, 0.05) is 5.69 Å². The van der Waals surface area contributed by atoms with Gasteiger partial charge >= 0.3 is 0 Å². The summed E-state index contributed by atoms with van der Waals surface area (Å²) >= 11 is 0. The van der Waals surface area contributed by atoms with Crippen LogP contribution in [0.4, 0.5) is 15.8 Å². The number of carbonyl (C=O) groups excluding carboxylic acids is 2. The molecule has 0 fully saturated rings. The van der Waals surface area contributed by atoms with E-state index in [2.05, 4.69) is 5.32 Å². The second kappa shape index (κ2) is 6.08. The Morgan fingerprint density at radius 2 is 2.00 bits per heavy atom. The van der Waals surface area contributed by atoms with E-state index in [1.165, 1.54) is 29.2 Å². The third-order valence-electron chi connectivity index (χ3n) is 3.49. The van der Waals surface area contributed by atoms with E-state index in [-0.39, 0.29) is 30.8 Å². The minimum absolute atomic E-state index is 0.0969. The van der Waals surface area contributed by atoms with Gasteiger partial charge in [0.1, 0.15) is 18.1 Å². The Morgan fingerprint density at radius 1 is 1.26 bits per heavy atom. The molecule has 0 aliphatic carbocycles. The van der Waals surface area contributed by atoms with E-state index < -0.39 is 0 Å². The highest BCUT2D eigenvalue weighted by atomic mass is 19.1. The maximum absolute atomic E-state index is 12.9. The lowest BCUT2D eigenvalue weighted by molar-refractivity contribution is -0.123. The van der Waals surface area contributed by atoms with Gasteiger partial charge in [0.15, 0.2) is 6.61 Å². The summed E-state index contributed by atoms with van der Waals surface area (Å²) in [5.41, 5.74) is 2.05. The average Bonchev–Trinajstić information content (AvgIpc) is 2.52. The van der Waals surface area contributed by atoms with Crippen molar-refractivity contribution in [1.82, 2.24) is 0 Å². The second-order valence-electron chi connectivity index (χ2n) is 5.29. The van der Waals surface area contributed by atoms with Crippen LogP contribution < -0.4 is 15.0 Å². The van der Waals surface area contributed by atoms with Gasteiger partial charge in [-0.2, -0.15) is 0 Å². The fourth-order valence-corrected chi connectivity index (χ4v) is 2.36. The number of carbonyl (C=O) groups is 2. The lowest BCUT2D eigenvalue weighted by Crippen LogP contribution is -2.43. The molecule has 0 atom stereocenters. The molecule has 2 aromatic rings. The molecule has 2 aromatic carbocycles. The molecule has 3 rings (SSSR count). The summed E-state index contributed by atoms with van der Waals surface area (Å²) < 4.78 is 18.3. The minimum Gasteiger partial charge on any atom is -0.482 e. The van der Waals surface area contributed by atoms with Crippen LogP contribution in [0.25, 0.3) is 0 Å². The van der Waals surface area contributed by atoms with Crippen molar-refractivity contribution in [2.75, 3.05) is 23.4 Å². The molecule has 118 valence electrons. The Bertz CT molecular complexity index is 759. The van der Waals surface area contributed by atoms with Crippen molar-refractivity contribution < 1.29 is 18.7 Å². The molecule has 1 aliphatic heterocycles. The zero-order chi connectivity index (χ0) is 16.4.